The third kappa shape index (κ3) is 13.4. The van der Waals surface area contributed by atoms with Gasteiger partial charge in [0.05, 0.1) is 0 Å². The lowest BCUT2D eigenvalue weighted by molar-refractivity contribution is 0.313. The van der Waals surface area contributed by atoms with E-state index in [2.05, 4.69) is 36.9 Å². The molecular weight excluding hydrogens is 422 g/mol. The Hall–Kier alpha value is 1.16. The fourth-order valence-electron chi connectivity index (χ4n) is 3.96. The fourth-order valence-corrected chi connectivity index (χ4v) is 4.36. The van der Waals surface area contributed by atoms with Crippen LogP contribution in [0.2, 0.25) is 0 Å². The van der Waals surface area contributed by atoms with Gasteiger partial charge in [0.25, 0.3) is 0 Å². The highest BCUT2D eigenvalue weighted by atomic mass is 127. The van der Waals surface area contributed by atoms with Crippen LogP contribution in [0.5, 0.6) is 0 Å². The predicted octanol–water partition coefficient (Wildman–Crippen LogP) is 9.16. The highest BCUT2D eigenvalue weighted by Gasteiger charge is 2.28. The SMILES string of the molecule is CCCCCCCCCCCCCCC(CC)C(P)(CC)CC.I. The molecular formula is C22H48IP. The van der Waals surface area contributed by atoms with Crippen molar-refractivity contribution in [3.8, 4) is 0 Å². The van der Waals surface area contributed by atoms with Crippen LogP contribution in [-0.4, -0.2) is 5.16 Å². The summed E-state index contributed by atoms with van der Waals surface area (Å²) in [4.78, 5) is 0. The molecule has 2 unspecified atom stereocenters. The van der Waals surface area contributed by atoms with E-state index < -0.39 is 0 Å². The molecule has 0 amide bonds. The third-order valence-electron chi connectivity index (χ3n) is 6.03. The Balaban J connectivity index is 0. The van der Waals surface area contributed by atoms with Gasteiger partial charge in [-0.1, -0.05) is 111 Å². The second-order valence-electron chi connectivity index (χ2n) is 7.72. The summed E-state index contributed by atoms with van der Waals surface area (Å²) in [6.45, 7) is 9.41. The summed E-state index contributed by atoms with van der Waals surface area (Å²) in [5.74, 6) is 0.908. The van der Waals surface area contributed by atoms with Gasteiger partial charge in [-0.05, 0) is 30.3 Å². The summed E-state index contributed by atoms with van der Waals surface area (Å²) >= 11 is 0. The average molecular weight is 471 g/mol. The van der Waals surface area contributed by atoms with E-state index in [1.54, 1.807) is 0 Å². The Morgan fingerprint density at radius 2 is 1.00 bits per heavy atom. The number of halogens is 1. The van der Waals surface area contributed by atoms with Crippen LogP contribution >= 0.6 is 33.2 Å². The van der Waals surface area contributed by atoms with E-state index in [1.807, 2.05) is 0 Å². The van der Waals surface area contributed by atoms with Gasteiger partial charge in [0.2, 0.25) is 0 Å². The Morgan fingerprint density at radius 3 is 1.33 bits per heavy atom. The van der Waals surface area contributed by atoms with Crippen molar-refractivity contribution < 1.29 is 0 Å². The van der Waals surface area contributed by atoms with E-state index in [4.69, 9.17) is 0 Å². The first-order chi connectivity index (χ1) is 11.1. The lowest BCUT2D eigenvalue weighted by Gasteiger charge is -2.36. The molecule has 0 heterocycles. The molecule has 0 aliphatic heterocycles. The molecule has 148 valence electrons. The molecule has 0 aliphatic carbocycles. The van der Waals surface area contributed by atoms with Crippen molar-refractivity contribution in [2.24, 2.45) is 5.92 Å². The van der Waals surface area contributed by atoms with Gasteiger partial charge in [0, 0.05) is 0 Å². The van der Waals surface area contributed by atoms with Gasteiger partial charge >= 0.3 is 0 Å². The minimum atomic E-state index is 0. The normalized spacial score (nSPS) is 12.9. The van der Waals surface area contributed by atoms with E-state index in [9.17, 15) is 0 Å². The van der Waals surface area contributed by atoms with Crippen LogP contribution in [0.1, 0.15) is 130 Å². The standard InChI is InChI=1S/C22H47P.HI/c1-5-9-10-11-12-13-14-15-16-17-18-19-20-21(6-2)22(23,7-3)8-4;/h21H,5-20,23H2,1-4H3;1H. The van der Waals surface area contributed by atoms with Crippen LogP contribution in [0.4, 0.5) is 0 Å². The zero-order valence-electron chi connectivity index (χ0n) is 17.4. The van der Waals surface area contributed by atoms with Crippen LogP contribution in [0.3, 0.4) is 0 Å². The Kier molecular flexibility index (Phi) is 21.6. The van der Waals surface area contributed by atoms with Gasteiger partial charge in [0.1, 0.15) is 0 Å². The van der Waals surface area contributed by atoms with E-state index in [-0.39, 0.29) is 24.0 Å². The predicted molar refractivity (Wildman–Crippen MR) is 128 cm³/mol. The summed E-state index contributed by atoms with van der Waals surface area (Å²) < 4.78 is 0. The number of unbranched alkanes of at least 4 members (excludes halogenated alkanes) is 11. The molecule has 0 aromatic rings. The van der Waals surface area contributed by atoms with Gasteiger partial charge in [-0.15, -0.1) is 33.2 Å². The minimum absolute atomic E-state index is 0. The summed E-state index contributed by atoms with van der Waals surface area (Å²) in [6, 6.07) is 0. The van der Waals surface area contributed by atoms with Crippen molar-refractivity contribution in [3.63, 3.8) is 0 Å². The summed E-state index contributed by atoms with van der Waals surface area (Å²) in [6.07, 6.45) is 22.9. The van der Waals surface area contributed by atoms with Crippen molar-refractivity contribution in [1.82, 2.24) is 0 Å². The molecule has 0 radical (unpaired) electrons. The maximum atomic E-state index is 3.19. The van der Waals surface area contributed by atoms with Crippen LogP contribution in [0, 0.1) is 5.92 Å². The average Bonchev–Trinajstić information content (AvgIpc) is 2.58. The van der Waals surface area contributed by atoms with E-state index in [1.165, 1.54) is 103 Å². The van der Waals surface area contributed by atoms with Crippen molar-refractivity contribution >= 4 is 33.2 Å². The zero-order valence-corrected chi connectivity index (χ0v) is 20.9. The first-order valence-corrected chi connectivity index (χ1v) is 11.5. The Morgan fingerprint density at radius 1 is 0.625 bits per heavy atom. The van der Waals surface area contributed by atoms with Crippen molar-refractivity contribution in [3.05, 3.63) is 0 Å². The molecule has 2 atom stereocenters. The third-order valence-corrected chi connectivity index (χ3v) is 7.32. The molecule has 0 aromatic carbocycles. The van der Waals surface area contributed by atoms with Gasteiger partial charge < -0.3 is 0 Å². The van der Waals surface area contributed by atoms with Crippen molar-refractivity contribution in [1.29, 1.82) is 0 Å². The van der Waals surface area contributed by atoms with Crippen molar-refractivity contribution in [2.45, 2.75) is 136 Å². The van der Waals surface area contributed by atoms with Crippen LogP contribution in [0.15, 0.2) is 0 Å². The Labute approximate surface area is 174 Å². The summed E-state index contributed by atoms with van der Waals surface area (Å²) in [5.41, 5.74) is 0. The largest absolute Gasteiger partial charge is 0.131 e. The quantitative estimate of drug-likeness (QED) is 0.113. The molecule has 0 fully saturated rings. The molecule has 0 N–H and O–H groups in total. The van der Waals surface area contributed by atoms with Crippen LogP contribution in [0.25, 0.3) is 0 Å². The minimum Gasteiger partial charge on any atom is -0.131 e. The van der Waals surface area contributed by atoms with Crippen molar-refractivity contribution in [2.75, 3.05) is 0 Å². The molecule has 2 heteroatoms. The lowest BCUT2D eigenvalue weighted by Crippen LogP contribution is -2.29. The number of rotatable bonds is 17. The van der Waals surface area contributed by atoms with Crippen LogP contribution < -0.4 is 0 Å². The van der Waals surface area contributed by atoms with Gasteiger partial charge in [0.15, 0.2) is 0 Å². The number of hydrogen-bond acceptors (Lipinski definition) is 0. The molecule has 0 aliphatic rings. The van der Waals surface area contributed by atoms with Gasteiger partial charge in [-0.3, -0.25) is 0 Å². The molecule has 0 aromatic heterocycles. The molecule has 0 saturated heterocycles. The van der Waals surface area contributed by atoms with Crippen LogP contribution in [-0.2, 0) is 0 Å². The molecule has 24 heavy (non-hydrogen) atoms. The van der Waals surface area contributed by atoms with E-state index in [0.29, 0.717) is 5.16 Å². The summed E-state index contributed by atoms with van der Waals surface area (Å²) in [5, 5.41) is 0.506. The maximum Gasteiger partial charge on any atom is -0.0127 e. The molecule has 0 bridgehead atoms. The molecule has 0 rings (SSSR count). The second kappa shape index (κ2) is 18.9. The Bertz CT molecular complexity index is 238. The summed E-state index contributed by atoms with van der Waals surface area (Å²) in [7, 11) is 3.19. The van der Waals surface area contributed by atoms with Gasteiger partial charge in [-0.25, -0.2) is 0 Å². The zero-order chi connectivity index (χ0) is 17.4. The molecule has 0 nitrogen and oxygen atoms in total. The first-order valence-electron chi connectivity index (χ1n) is 10.9. The number of hydrogen-bond donors (Lipinski definition) is 0. The molecule has 0 saturated carbocycles. The van der Waals surface area contributed by atoms with E-state index >= 15 is 0 Å². The second-order valence-corrected chi connectivity index (χ2v) is 8.87. The van der Waals surface area contributed by atoms with Gasteiger partial charge in [-0.2, -0.15) is 0 Å². The topological polar surface area (TPSA) is 0 Å². The highest BCUT2D eigenvalue weighted by Crippen LogP contribution is 2.39. The maximum absolute atomic E-state index is 3.19. The lowest BCUT2D eigenvalue weighted by atomic mass is 9.81. The first kappa shape index (κ1) is 27.4. The highest BCUT2D eigenvalue weighted by molar-refractivity contribution is 14.0. The smallest absolute Gasteiger partial charge is 0.0127 e. The monoisotopic (exact) mass is 470 g/mol. The fraction of sp³-hybridized carbons (Fsp3) is 1.00. The molecule has 0 spiro atoms. The van der Waals surface area contributed by atoms with E-state index in [0.717, 1.165) is 5.92 Å².